The minimum Gasteiger partial charge on any atom is -0.382 e. The second-order valence-electron chi connectivity index (χ2n) is 5.73. The van der Waals surface area contributed by atoms with Crippen LogP contribution in [0.1, 0.15) is 38.5 Å². The second-order valence-corrected chi connectivity index (χ2v) is 6.51. The van der Waals surface area contributed by atoms with E-state index in [-0.39, 0.29) is 0 Å². The fourth-order valence-corrected chi connectivity index (χ4v) is 3.87. The summed E-state index contributed by atoms with van der Waals surface area (Å²) in [6.45, 7) is 0.991. The fraction of sp³-hybridized carbons (Fsp3) is 0.500. The van der Waals surface area contributed by atoms with Gasteiger partial charge in [0.05, 0.1) is 5.56 Å². The predicted octanol–water partition coefficient (Wildman–Crippen LogP) is 4.17. The topological polar surface area (TPSA) is 63.8 Å². The number of pyridine rings is 1. The summed E-state index contributed by atoms with van der Waals surface area (Å²) >= 11 is 1.44. The number of hydrogen-bond donors (Lipinski definition) is 2. The molecule has 2 aromatic rings. The first kappa shape index (κ1) is 14.3. The van der Waals surface area contributed by atoms with Gasteiger partial charge in [-0.15, -0.1) is 0 Å². The zero-order valence-electron chi connectivity index (χ0n) is 12.2. The molecule has 1 fully saturated rings. The van der Waals surface area contributed by atoms with Gasteiger partial charge >= 0.3 is 0 Å². The third-order valence-corrected chi connectivity index (χ3v) is 5.04. The SMILES string of the molecule is Nc1nsc(NCCCC2CCCC2)c1-c1cccnc1. The van der Waals surface area contributed by atoms with Crippen LogP contribution in [0.3, 0.4) is 0 Å². The van der Waals surface area contributed by atoms with E-state index >= 15 is 0 Å². The molecule has 1 aliphatic rings. The van der Waals surface area contributed by atoms with Gasteiger partial charge in [-0.25, -0.2) is 0 Å². The predicted molar refractivity (Wildman–Crippen MR) is 89.4 cm³/mol. The summed E-state index contributed by atoms with van der Waals surface area (Å²) in [5.74, 6) is 1.54. The molecule has 0 atom stereocenters. The summed E-state index contributed by atoms with van der Waals surface area (Å²) in [6.07, 6.45) is 11.9. The largest absolute Gasteiger partial charge is 0.382 e. The Labute approximate surface area is 130 Å². The first-order chi connectivity index (χ1) is 10.3. The molecule has 112 valence electrons. The molecule has 3 rings (SSSR count). The number of nitrogens with two attached hydrogens (primary N) is 1. The summed E-state index contributed by atoms with van der Waals surface area (Å²) in [5, 5.41) is 4.57. The summed E-state index contributed by atoms with van der Waals surface area (Å²) in [7, 11) is 0. The van der Waals surface area contributed by atoms with Crippen molar-refractivity contribution in [2.75, 3.05) is 17.6 Å². The second kappa shape index (κ2) is 6.89. The Bertz CT molecular complexity index is 561. The molecule has 0 radical (unpaired) electrons. The van der Waals surface area contributed by atoms with Crippen molar-refractivity contribution in [3.63, 3.8) is 0 Å². The van der Waals surface area contributed by atoms with E-state index in [1.807, 2.05) is 18.3 Å². The zero-order valence-corrected chi connectivity index (χ0v) is 13.0. The van der Waals surface area contributed by atoms with Crippen molar-refractivity contribution in [1.82, 2.24) is 9.36 Å². The van der Waals surface area contributed by atoms with Crippen LogP contribution in [-0.4, -0.2) is 15.9 Å². The van der Waals surface area contributed by atoms with E-state index in [9.17, 15) is 0 Å². The minimum absolute atomic E-state index is 0.589. The Hall–Kier alpha value is -1.62. The van der Waals surface area contributed by atoms with Gasteiger partial charge < -0.3 is 11.1 Å². The molecular formula is C16H22N4S. The van der Waals surface area contributed by atoms with Gasteiger partial charge in [0, 0.05) is 24.5 Å². The highest BCUT2D eigenvalue weighted by atomic mass is 32.1. The lowest BCUT2D eigenvalue weighted by Gasteiger charge is -2.10. The van der Waals surface area contributed by atoms with Crippen LogP contribution in [0.4, 0.5) is 10.8 Å². The van der Waals surface area contributed by atoms with Gasteiger partial charge in [-0.3, -0.25) is 4.98 Å². The van der Waals surface area contributed by atoms with Crippen LogP contribution in [0.15, 0.2) is 24.5 Å². The average molecular weight is 302 g/mol. The minimum atomic E-state index is 0.589. The van der Waals surface area contributed by atoms with Gasteiger partial charge in [-0.1, -0.05) is 31.7 Å². The van der Waals surface area contributed by atoms with Gasteiger partial charge in [-0.2, -0.15) is 4.37 Å². The number of rotatable bonds is 6. The maximum absolute atomic E-state index is 6.01. The molecule has 21 heavy (non-hydrogen) atoms. The van der Waals surface area contributed by atoms with Crippen LogP contribution in [-0.2, 0) is 0 Å². The monoisotopic (exact) mass is 302 g/mol. The van der Waals surface area contributed by atoms with Crippen LogP contribution < -0.4 is 11.1 Å². The van der Waals surface area contributed by atoms with E-state index in [0.717, 1.165) is 28.6 Å². The summed E-state index contributed by atoms with van der Waals surface area (Å²) in [4.78, 5) is 4.17. The lowest BCUT2D eigenvalue weighted by atomic mass is 10.0. The molecule has 2 heterocycles. The highest BCUT2D eigenvalue weighted by molar-refractivity contribution is 7.11. The van der Waals surface area contributed by atoms with E-state index in [0.29, 0.717) is 5.82 Å². The number of nitrogens with zero attached hydrogens (tertiary/aromatic N) is 2. The molecule has 0 bridgehead atoms. The Balaban J connectivity index is 1.58. The lowest BCUT2D eigenvalue weighted by Crippen LogP contribution is -2.04. The van der Waals surface area contributed by atoms with Gasteiger partial charge in [0.25, 0.3) is 0 Å². The number of aromatic nitrogens is 2. The van der Waals surface area contributed by atoms with Crippen LogP contribution in [0.5, 0.6) is 0 Å². The smallest absolute Gasteiger partial charge is 0.147 e. The normalized spacial score (nSPS) is 15.4. The van der Waals surface area contributed by atoms with Gasteiger partial charge in [-0.05, 0) is 36.4 Å². The molecule has 3 N–H and O–H groups in total. The number of hydrogen-bond acceptors (Lipinski definition) is 5. The molecule has 5 heteroatoms. The van der Waals surface area contributed by atoms with Crippen LogP contribution in [0.25, 0.3) is 11.1 Å². The Kier molecular flexibility index (Phi) is 4.70. The summed E-state index contributed by atoms with van der Waals surface area (Å²) < 4.78 is 4.28. The molecule has 4 nitrogen and oxygen atoms in total. The lowest BCUT2D eigenvalue weighted by molar-refractivity contribution is 0.491. The molecule has 0 amide bonds. The van der Waals surface area contributed by atoms with Crippen molar-refractivity contribution in [3.8, 4) is 11.1 Å². The van der Waals surface area contributed by atoms with E-state index < -0.39 is 0 Å². The highest BCUT2D eigenvalue weighted by Gasteiger charge is 2.15. The molecule has 2 aromatic heterocycles. The van der Waals surface area contributed by atoms with E-state index in [4.69, 9.17) is 5.73 Å². The standard InChI is InChI=1S/C16H22N4S/c17-15-14(13-8-4-9-18-11-13)16(21-20-15)19-10-3-7-12-5-1-2-6-12/h4,8-9,11-12,19H,1-3,5-7,10H2,(H2,17,20). The molecule has 0 aromatic carbocycles. The average Bonchev–Trinajstić information content (AvgIpc) is 3.14. The maximum atomic E-state index is 6.01. The Morgan fingerprint density at radius 2 is 2.19 bits per heavy atom. The quantitative estimate of drug-likeness (QED) is 0.786. The summed E-state index contributed by atoms with van der Waals surface area (Å²) in [5.41, 5.74) is 8.03. The van der Waals surface area contributed by atoms with Crippen LogP contribution in [0.2, 0.25) is 0 Å². The van der Waals surface area contributed by atoms with Crippen molar-refractivity contribution < 1.29 is 0 Å². The van der Waals surface area contributed by atoms with Gasteiger partial charge in [0.15, 0.2) is 0 Å². The molecule has 0 spiro atoms. The van der Waals surface area contributed by atoms with E-state index in [1.54, 1.807) is 6.20 Å². The Morgan fingerprint density at radius 1 is 1.33 bits per heavy atom. The Morgan fingerprint density at radius 3 is 2.95 bits per heavy atom. The van der Waals surface area contributed by atoms with Crippen molar-refractivity contribution in [1.29, 1.82) is 0 Å². The number of anilines is 2. The maximum Gasteiger partial charge on any atom is 0.147 e. The van der Waals surface area contributed by atoms with E-state index in [1.165, 1.54) is 50.1 Å². The summed E-state index contributed by atoms with van der Waals surface area (Å²) in [6, 6.07) is 3.95. The number of nitrogen functional groups attached to an aromatic ring is 1. The zero-order chi connectivity index (χ0) is 14.5. The molecule has 1 saturated carbocycles. The van der Waals surface area contributed by atoms with Crippen LogP contribution in [0, 0.1) is 5.92 Å². The fourth-order valence-electron chi connectivity index (χ4n) is 3.10. The van der Waals surface area contributed by atoms with Crippen molar-refractivity contribution in [2.24, 2.45) is 5.92 Å². The molecule has 1 aliphatic carbocycles. The first-order valence-electron chi connectivity index (χ1n) is 7.74. The van der Waals surface area contributed by atoms with Crippen LogP contribution >= 0.6 is 11.5 Å². The van der Waals surface area contributed by atoms with E-state index in [2.05, 4.69) is 14.7 Å². The molecule has 0 unspecified atom stereocenters. The van der Waals surface area contributed by atoms with Crippen molar-refractivity contribution in [3.05, 3.63) is 24.5 Å². The third-order valence-electron chi connectivity index (χ3n) is 4.22. The molecular weight excluding hydrogens is 280 g/mol. The van der Waals surface area contributed by atoms with Gasteiger partial charge in [0.1, 0.15) is 10.8 Å². The highest BCUT2D eigenvalue weighted by Crippen LogP contribution is 2.36. The first-order valence-corrected chi connectivity index (χ1v) is 8.51. The molecule has 0 aliphatic heterocycles. The molecule has 0 saturated heterocycles. The van der Waals surface area contributed by atoms with Gasteiger partial charge in [0.2, 0.25) is 0 Å². The van der Waals surface area contributed by atoms with Crippen molar-refractivity contribution >= 4 is 22.4 Å². The van der Waals surface area contributed by atoms with Crippen molar-refractivity contribution in [2.45, 2.75) is 38.5 Å². The number of nitrogens with one attached hydrogen (secondary N) is 1. The third kappa shape index (κ3) is 3.53.